The second kappa shape index (κ2) is 4.63. The van der Waals surface area contributed by atoms with Crippen molar-refractivity contribution in [1.82, 2.24) is 9.55 Å². The van der Waals surface area contributed by atoms with Crippen LogP contribution in [-0.2, 0) is 6.61 Å². The van der Waals surface area contributed by atoms with Gasteiger partial charge in [-0.05, 0) is 11.6 Å². The van der Waals surface area contributed by atoms with E-state index in [1.54, 1.807) is 6.20 Å². The van der Waals surface area contributed by atoms with Crippen LogP contribution < -0.4 is 4.90 Å². The lowest BCUT2D eigenvalue weighted by Gasteiger charge is -2.45. The van der Waals surface area contributed by atoms with E-state index in [9.17, 15) is 5.11 Å². The monoisotopic (exact) mass is 271 g/mol. The van der Waals surface area contributed by atoms with E-state index < -0.39 is 0 Å². The molecule has 0 amide bonds. The Morgan fingerprint density at radius 2 is 2.10 bits per heavy atom. The maximum Gasteiger partial charge on any atom is 0.0954 e. The highest BCUT2D eigenvalue weighted by molar-refractivity contribution is 5.58. The van der Waals surface area contributed by atoms with Gasteiger partial charge in [-0.25, -0.2) is 4.98 Å². The van der Waals surface area contributed by atoms with Crippen LogP contribution >= 0.6 is 0 Å². The largest absolute Gasteiger partial charge is 0.390 e. The third kappa shape index (κ3) is 1.91. The van der Waals surface area contributed by atoms with Crippen molar-refractivity contribution in [3.05, 3.63) is 48.0 Å². The molecule has 1 aliphatic rings. The van der Waals surface area contributed by atoms with E-state index in [1.807, 2.05) is 6.33 Å². The maximum absolute atomic E-state index is 9.54. The van der Waals surface area contributed by atoms with Gasteiger partial charge in [0.25, 0.3) is 0 Å². The Morgan fingerprint density at radius 3 is 2.85 bits per heavy atom. The summed E-state index contributed by atoms with van der Waals surface area (Å²) in [6, 6.07) is 8.69. The quantitative estimate of drug-likeness (QED) is 0.912. The smallest absolute Gasteiger partial charge is 0.0954 e. The van der Waals surface area contributed by atoms with Crippen molar-refractivity contribution in [2.24, 2.45) is 5.41 Å². The predicted octanol–water partition coefficient (Wildman–Crippen LogP) is 2.44. The normalized spacial score (nSPS) is 20.8. The molecular formula is C16H21N3O. The van der Waals surface area contributed by atoms with Crippen molar-refractivity contribution in [3.8, 4) is 0 Å². The van der Waals surface area contributed by atoms with Crippen LogP contribution in [0.4, 0.5) is 5.69 Å². The number of fused-ring (bicyclic) bond motifs is 1. The summed E-state index contributed by atoms with van der Waals surface area (Å²) in [4.78, 5) is 6.52. The average molecular weight is 271 g/mol. The molecule has 1 unspecified atom stereocenters. The first-order valence-corrected chi connectivity index (χ1v) is 6.96. The van der Waals surface area contributed by atoms with Crippen molar-refractivity contribution in [2.75, 3.05) is 18.5 Å². The van der Waals surface area contributed by atoms with Crippen molar-refractivity contribution in [3.63, 3.8) is 0 Å². The SMILES string of the molecule is CN1CC(C)(C)C(n2cncc2CO)c2ccccc21. The Labute approximate surface area is 119 Å². The molecule has 1 aromatic carbocycles. The fourth-order valence-corrected chi connectivity index (χ4v) is 3.48. The van der Waals surface area contributed by atoms with Gasteiger partial charge in [-0.3, -0.25) is 0 Å². The lowest BCUT2D eigenvalue weighted by molar-refractivity contribution is 0.221. The molecule has 0 spiro atoms. The molecule has 1 N–H and O–H groups in total. The number of aliphatic hydroxyl groups is 1. The highest BCUT2D eigenvalue weighted by Crippen LogP contribution is 2.46. The van der Waals surface area contributed by atoms with Gasteiger partial charge in [-0.15, -0.1) is 0 Å². The molecule has 1 aliphatic heterocycles. The van der Waals surface area contributed by atoms with Gasteiger partial charge in [0, 0.05) is 24.7 Å². The van der Waals surface area contributed by atoms with E-state index in [0.717, 1.165) is 12.2 Å². The molecule has 106 valence electrons. The summed E-state index contributed by atoms with van der Waals surface area (Å²) in [6.45, 7) is 5.53. The Balaban J connectivity index is 2.19. The first-order valence-electron chi connectivity index (χ1n) is 6.96. The molecule has 0 radical (unpaired) electrons. The van der Waals surface area contributed by atoms with E-state index in [-0.39, 0.29) is 18.1 Å². The van der Waals surface area contributed by atoms with Gasteiger partial charge in [-0.1, -0.05) is 32.0 Å². The molecule has 4 nitrogen and oxygen atoms in total. The van der Waals surface area contributed by atoms with Crippen molar-refractivity contribution >= 4 is 5.69 Å². The lowest BCUT2D eigenvalue weighted by Crippen LogP contribution is -2.43. The van der Waals surface area contributed by atoms with Crippen LogP contribution in [0.2, 0.25) is 0 Å². The van der Waals surface area contributed by atoms with E-state index in [4.69, 9.17) is 0 Å². The topological polar surface area (TPSA) is 41.3 Å². The number of aliphatic hydroxyl groups excluding tert-OH is 1. The number of imidazole rings is 1. The molecule has 0 bridgehead atoms. The van der Waals surface area contributed by atoms with Gasteiger partial charge < -0.3 is 14.6 Å². The summed E-state index contributed by atoms with van der Waals surface area (Å²) in [7, 11) is 2.14. The van der Waals surface area contributed by atoms with Gasteiger partial charge in [0.15, 0.2) is 0 Å². The molecule has 3 rings (SSSR count). The predicted molar refractivity (Wildman–Crippen MR) is 79.8 cm³/mol. The number of hydrogen-bond donors (Lipinski definition) is 1. The molecular weight excluding hydrogens is 250 g/mol. The molecule has 20 heavy (non-hydrogen) atoms. The average Bonchev–Trinajstić information content (AvgIpc) is 2.86. The second-order valence-corrected chi connectivity index (χ2v) is 6.26. The molecule has 2 heterocycles. The number of hydrogen-bond acceptors (Lipinski definition) is 3. The summed E-state index contributed by atoms with van der Waals surface area (Å²) < 4.78 is 2.12. The number of aromatic nitrogens is 2. The fraction of sp³-hybridized carbons (Fsp3) is 0.438. The van der Waals surface area contributed by atoms with Crippen LogP contribution in [0, 0.1) is 5.41 Å². The van der Waals surface area contributed by atoms with Crippen LogP contribution in [0.15, 0.2) is 36.8 Å². The minimum atomic E-state index is 0.0184. The first-order chi connectivity index (χ1) is 9.54. The summed E-state index contributed by atoms with van der Waals surface area (Å²) in [5.74, 6) is 0. The van der Waals surface area contributed by atoms with Crippen LogP contribution in [0.1, 0.15) is 31.1 Å². The Bertz CT molecular complexity index is 618. The number of nitrogens with zero attached hydrogens (tertiary/aromatic N) is 3. The maximum atomic E-state index is 9.54. The fourth-order valence-electron chi connectivity index (χ4n) is 3.48. The van der Waals surface area contributed by atoms with Crippen molar-refractivity contribution < 1.29 is 5.11 Å². The molecule has 0 aliphatic carbocycles. The molecule has 0 fully saturated rings. The van der Waals surface area contributed by atoms with Crippen molar-refractivity contribution in [1.29, 1.82) is 0 Å². The third-order valence-corrected chi connectivity index (χ3v) is 4.21. The van der Waals surface area contributed by atoms with Crippen LogP contribution in [-0.4, -0.2) is 28.3 Å². The highest BCUT2D eigenvalue weighted by atomic mass is 16.3. The van der Waals surface area contributed by atoms with Gasteiger partial charge in [0.1, 0.15) is 0 Å². The summed E-state index contributed by atoms with van der Waals surface area (Å²) >= 11 is 0. The molecule has 2 aromatic rings. The van der Waals surface area contributed by atoms with E-state index in [2.05, 4.69) is 59.6 Å². The van der Waals surface area contributed by atoms with Gasteiger partial charge in [0.05, 0.1) is 30.9 Å². The van der Waals surface area contributed by atoms with E-state index in [1.165, 1.54) is 11.3 Å². The summed E-state index contributed by atoms with van der Waals surface area (Å²) in [5.41, 5.74) is 3.48. The lowest BCUT2D eigenvalue weighted by atomic mass is 9.76. The molecule has 4 heteroatoms. The highest BCUT2D eigenvalue weighted by Gasteiger charge is 2.39. The number of para-hydroxylation sites is 1. The summed E-state index contributed by atoms with van der Waals surface area (Å²) in [5, 5.41) is 9.54. The molecule has 1 atom stereocenters. The zero-order valence-corrected chi connectivity index (χ0v) is 12.2. The third-order valence-electron chi connectivity index (χ3n) is 4.21. The number of benzene rings is 1. The van der Waals surface area contributed by atoms with Crippen LogP contribution in [0.3, 0.4) is 0 Å². The summed E-state index contributed by atoms with van der Waals surface area (Å²) in [6.07, 6.45) is 3.58. The van der Waals surface area contributed by atoms with Crippen LogP contribution in [0.25, 0.3) is 0 Å². The standard InChI is InChI=1S/C16H21N3O/c1-16(2)10-18(3)14-7-5-4-6-13(14)15(16)19-11-17-8-12(19)9-20/h4-8,11,15,20H,9-10H2,1-3H3. The zero-order valence-electron chi connectivity index (χ0n) is 12.2. The minimum Gasteiger partial charge on any atom is -0.390 e. The first kappa shape index (κ1) is 13.2. The minimum absolute atomic E-state index is 0.0184. The number of anilines is 1. The van der Waals surface area contributed by atoms with Crippen LogP contribution in [0.5, 0.6) is 0 Å². The van der Waals surface area contributed by atoms with Gasteiger partial charge >= 0.3 is 0 Å². The second-order valence-electron chi connectivity index (χ2n) is 6.26. The van der Waals surface area contributed by atoms with Gasteiger partial charge in [-0.2, -0.15) is 0 Å². The molecule has 1 aromatic heterocycles. The molecule has 0 saturated carbocycles. The van der Waals surface area contributed by atoms with Crippen molar-refractivity contribution in [2.45, 2.75) is 26.5 Å². The zero-order chi connectivity index (χ0) is 14.3. The Hall–Kier alpha value is -1.81. The Kier molecular flexibility index (Phi) is 3.05. The van der Waals surface area contributed by atoms with E-state index >= 15 is 0 Å². The molecule has 0 saturated heterocycles. The Morgan fingerprint density at radius 1 is 1.35 bits per heavy atom. The van der Waals surface area contributed by atoms with E-state index in [0.29, 0.717) is 0 Å². The number of rotatable bonds is 2. The van der Waals surface area contributed by atoms with Gasteiger partial charge in [0.2, 0.25) is 0 Å².